The number of esters is 2. The SMILES string of the molecule is CCCCCCC(=O)CCCCCC/C=C/CC[C@@H](O)[C@](COC(C)=O)(NC(C)=O)C(=O)OC. The van der Waals surface area contributed by atoms with Gasteiger partial charge in [0.05, 0.1) is 13.2 Å². The summed E-state index contributed by atoms with van der Waals surface area (Å²) in [6.45, 7) is 4.04. The van der Waals surface area contributed by atoms with Crippen LogP contribution in [0.2, 0.25) is 0 Å². The molecule has 0 rings (SSSR count). The summed E-state index contributed by atoms with van der Waals surface area (Å²) in [7, 11) is 1.14. The molecular weight excluding hydrogens is 438 g/mol. The molecule has 0 aliphatic carbocycles. The second-order valence-corrected chi connectivity index (χ2v) is 8.79. The minimum absolute atomic E-state index is 0.174. The molecule has 0 unspecified atom stereocenters. The molecule has 196 valence electrons. The van der Waals surface area contributed by atoms with Gasteiger partial charge in [0.2, 0.25) is 5.91 Å². The van der Waals surface area contributed by atoms with E-state index >= 15 is 0 Å². The van der Waals surface area contributed by atoms with Crippen LogP contribution in [0.25, 0.3) is 0 Å². The van der Waals surface area contributed by atoms with Crippen LogP contribution in [0.5, 0.6) is 0 Å². The van der Waals surface area contributed by atoms with Crippen LogP contribution in [-0.2, 0) is 28.7 Å². The number of methoxy groups -OCH3 is 1. The molecule has 2 atom stereocenters. The molecule has 0 saturated carbocycles. The van der Waals surface area contributed by atoms with E-state index in [2.05, 4.69) is 12.2 Å². The van der Waals surface area contributed by atoms with Gasteiger partial charge in [0.1, 0.15) is 12.4 Å². The number of aliphatic hydroxyl groups excluding tert-OH is 1. The molecule has 0 spiro atoms. The van der Waals surface area contributed by atoms with Crippen molar-refractivity contribution in [3.8, 4) is 0 Å². The largest absolute Gasteiger partial charge is 0.467 e. The molecule has 0 heterocycles. The Morgan fingerprint density at radius 2 is 1.50 bits per heavy atom. The summed E-state index contributed by atoms with van der Waals surface area (Å²) in [5.74, 6) is -1.68. The predicted octanol–water partition coefficient (Wildman–Crippen LogP) is 4.17. The minimum atomic E-state index is -1.85. The highest BCUT2D eigenvalue weighted by Gasteiger charge is 2.48. The minimum Gasteiger partial charge on any atom is -0.467 e. The Balaban J connectivity index is 4.31. The number of hydrogen-bond donors (Lipinski definition) is 2. The summed E-state index contributed by atoms with van der Waals surface area (Å²) in [6, 6.07) is 0. The van der Waals surface area contributed by atoms with Gasteiger partial charge in [0.15, 0.2) is 5.54 Å². The summed E-state index contributed by atoms with van der Waals surface area (Å²) < 4.78 is 9.70. The van der Waals surface area contributed by atoms with Crippen molar-refractivity contribution < 1.29 is 33.8 Å². The monoisotopic (exact) mass is 483 g/mol. The average Bonchev–Trinajstić information content (AvgIpc) is 2.79. The van der Waals surface area contributed by atoms with Crippen LogP contribution in [0.1, 0.15) is 104 Å². The van der Waals surface area contributed by atoms with Gasteiger partial charge in [-0.3, -0.25) is 14.4 Å². The molecular formula is C26H45NO7. The topological polar surface area (TPSA) is 119 Å². The van der Waals surface area contributed by atoms with Gasteiger partial charge in [0, 0.05) is 26.7 Å². The fourth-order valence-electron chi connectivity index (χ4n) is 3.72. The summed E-state index contributed by atoms with van der Waals surface area (Å²) in [6.07, 6.45) is 14.2. The molecule has 0 fully saturated rings. The zero-order chi connectivity index (χ0) is 25.8. The number of allylic oxidation sites excluding steroid dienone is 2. The zero-order valence-electron chi connectivity index (χ0n) is 21.5. The molecule has 0 aliphatic rings. The number of ether oxygens (including phenoxy) is 2. The van der Waals surface area contributed by atoms with E-state index in [1.165, 1.54) is 26.7 Å². The van der Waals surface area contributed by atoms with Crippen molar-refractivity contribution in [2.24, 2.45) is 0 Å². The molecule has 0 bridgehead atoms. The summed E-state index contributed by atoms with van der Waals surface area (Å²) in [4.78, 5) is 47.1. The first-order valence-electron chi connectivity index (χ1n) is 12.5. The highest BCUT2D eigenvalue weighted by molar-refractivity contribution is 5.88. The molecule has 2 N–H and O–H groups in total. The first-order chi connectivity index (χ1) is 16.2. The van der Waals surface area contributed by atoms with E-state index in [1.807, 2.05) is 12.2 Å². The number of rotatable bonds is 20. The number of carbonyl (C=O) groups is 4. The van der Waals surface area contributed by atoms with Crippen molar-refractivity contribution in [1.82, 2.24) is 5.32 Å². The maximum atomic E-state index is 12.4. The second-order valence-electron chi connectivity index (χ2n) is 8.79. The number of amides is 1. The van der Waals surface area contributed by atoms with Gasteiger partial charge in [-0.05, 0) is 38.5 Å². The fraction of sp³-hybridized carbons (Fsp3) is 0.769. The Bertz CT molecular complexity index is 647. The van der Waals surface area contributed by atoms with Crippen LogP contribution in [0.4, 0.5) is 0 Å². The van der Waals surface area contributed by atoms with Crippen LogP contribution in [-0.4, -0.2) is 54.1 Å². The molecule has 0 aromatic carbocycles. The number of nitrogens with one attached hydrogen (secondary N) is 1. The van der Waals surface area contributed by atoms with E-state index in [9.17, 15) is 24.3 Å². The van der Waals surface area contributed by atoms with E-state index in [0.717, 1.165) is 52.1 Å². The first kappa shape index (κ1) is 31.8. The lowest BCUT2D eigenvalue weighted by atomic mass is 9.89. The van der Waals surface area contributed by atoms with Crippen molar-refractivity contribution in [3.63, 3.8) is 0 Å². The van der Waals surface area contributed by atoms with Crippen LogP contribution in [0, 0.1) is 0 Å². The maximum Gasteiger partial charge on any atom is 0.337 e. The Morgan fingerprint density at radius 1 is 0.912 bits per heavy atom. The predicted molar refractivity (Wildman–Crippen MR) is 131 cm³/mol. The van der Waals surface area contributed by atoms with E-state index in [0.29, 0.717) is 25.0 Å². The quantitative estimate of drug-likeness (QED) is 0.151. The lowest BCUT2D eigenvalue weighted by Crippen LogP contribution is -2.65. The normalized spacial score (nSPS) is 13.8. The van der Waals surface area contributed by atoms with Crippen LogP contribution in [0.15, 0.2) is 12.2 Å². The summed E-state index contributed by atoms with van der Waals surface area (Å²) in [5.41, 5.74) is -1.85. The fourth-order valence-corrected chi connectivity index (χ4v) is 3.72. The molecule has 1 amide bonds. The van der Waals surface area contributed by atoms with Gasteiger partial charge in [-0.2, -0.15) is 0 Å². The van der Waals surface area contributed by atoms with Crippen LogP contribution >= 0.6 is 0 Å². The molecule has 0 aromatic heterocycles. The maximum absolute atomic E-state index is 12.4. The lowest BCUT2D eigenvalue weighted by molar-refractivity contribution is -0.165. The summed E-state index contributed by atoms with van der Waals surface area (Å²) in [5, 5.41) is 13.1. The first-order valence-corrected chi connectivity index (χ1v) is 12.5. The average molecular weight is 484 g/mol. The smallest absolute Gasteiger partial charge is 0.337 e. The number of aliphatic hydroxyl groups is 1. The Hall–Kier alpha value is -2.22. The van der Waals surface area contributed by atoms with E-state index in [4.69, 9.17) is 9.47 Å². The number of unbranched alkanes of at least 4 members (excludes halogenated alkanes) is 7. The molecule has 34 heavy (non-hydrogen) atoms. The van der Waals surface area contributed by atoms with Crippen molar-refractivity contribution in [1.29, 1.82) is 0 Å². The number of ketones is 1. The van der Waals surface area contributed by atoms with Gasteiger partial charge < -0.3 is 19.9 Å². The van der Waals surface area contributed by atoms with Crippen molar-refractivity contribution in [2.75, 3.05) is 13.7 Å². The van der Waals surface area contributed by atoms with Crippen molar-refractivity contribution in [2.45, 2.75) is 116 Å². The number of carbonyl (C=O) groups excluding carboxylic acids is 4. The Kier molecular flexibility index (Phi) is 17.9. The highest BCUT2D eigenvalue weighted by Crippen LogP contribution is 2.20. The van der Waals surface area contributed by atoms with Crippen LogP contribution < -0.4 is 5.32 Å². The van der Waals surface area contributed by atoms with Crippen molar-refractivity contribution >= 4 is 23.6 Å². The third-order valence-corrected chi connectivity index (χ3v) is 5.68. The van der Waals surface area contributed by atoms with Crippen molar-refractivity contribution in [3.05, 3.63) is 12.2 Å². The Labute approximate surface area is 204 Å². The van der Waals surface area contributed by atoms with E-state index in [1.54, 1.807) is 0 Å². The number of hydrogen-bond acceptors (Lipinski definition) is 7. The van der Waals surface area contributed by atoms with Gasteiger partial charge in [-0.1, -0.05) is 51.2 Å². The third-order valence-electron chi connectivity index (χ3n) is 5.68. The molecule has 0 aromatic rings. The van der Waals surface area contributed by atoms with Gasteiger partial charge in [0.25, 0.3) is 0 Å². The van der Waals surface area contributed by atoms with Crippen LogP contribution in [0.3, 0.4) is 0 Å². The van der Waals surface area contributed by atoms with Gasteiger partial charge in [-0.25, -0.2) is 4.79 Å². The second kappa shape index (κ2) is 19.1. The standard InChI is InChI=1S/C26H45NO7/c1-5-6-7-14-17-23(30)18-15-12-10-8-9-11-13-16-19-24(31)26(25(32)33-4,27-21(2)28)20-34-22(3)29/h11,13,24,31H,5-10,12,14-20H2,1-4H3,(H,27,28)/b13-11+/t24-,26+/m1/s1. The molecule has 8 heteroatoms. The molecule has 8 nitrogen and oxygen atoms in total. The third kappa shape index (κ3) is 14.1. The molecule has 0 radical (unpaired) electrons. The van der Waals surface area contributed by atoms with E-state index in [-0.39, 0.29) is 6.42 Å². The van der Waals surface area contributed by atoms with Gasteiger partial charge >= 0.3 is 11.9 Å². The Morgan fingerprint density at radius 3 is 2.06 bits per heavy atom. The van der Waals surface area contributed by atoms with E-state index < -0.39 is 36.1 Å². The highest BCUT2D eigenvalue weighted by atomic mass is 16.5. The molecule has 0 saturated heterocycles. The number of Topliss-reactive ketones (excluding diaryl/α,β-unsaturated/α-hetero) is 1. The van der Waals surface area contributed by atoms with Gasteiger partial charge in [-0.15, -0.1) is 0 Å². The lowest BCUT2D eigenvalue weighted by Gasteiger charge is -2.35. The summed E-state index contributed by atoms with van der Waals surface area (Å²) >= 11 is 0. The zero-order valence-corrected chi connectivity index (χ0v) is 21.5. The molecule has 0 aliphatic heterocycles.